The van der Waals surface area contributed by atoms with Crippen molar-refractivity contribution in [2.75, 3.05) is 5.73 Å². The summed E-state index contributed by atoms with van der Waals surface area (Å²) in [5.74, 6) is 0.273. The molecule has 90 valence electrons. The molecule has 5 nitrogen and oxygen atoms in total. The van der Waals surface area contributed by atoms with Crippen LogP contribution in [-0.4, -0.2) is 19.9 Å². The molecule has 2 aromatic heterocycles. The van der Waals surface area contributed by atoms with E-state index in [2.05, 4.69) is 45.1 Å². The third kappa shape index (κ3) is 1.90. The van der Waals surface area contributed by atoms with Gasteiger partial charge in [0.1, 0.15) is 5.52 Å². The number of nitrogens with two attached hydrogens (primary N) is 1. The standard InChI is InChI=1S/C13H13N5/c1-8-3-2-4-9(5-8)6-10-11-12(16-7-15-11)18-13(14)17-10/h2-5,7H,6H2,1H3,(H3,14,15,16,17,18). The van der Waals surface area contributed by atoms with Crippen LogP contribution < -0.4 is 5.73 Å². The molecule has 5 heteroatoms. The van der Waals surface area contributed by atoms with Gasteiger partial charge >= 0.3 is 0 Å². The van der Waals surface area contributed by atoms with Crippen LogP contribution in [-0.2, 0) is 6.42 Å². The fraction of sp³-hybridized carbons (Fsp3) is 0.154. The number of benzene rings is 1. The van der Waals surface area contributed by atoms with Crippen LogP contribution in [0.1, 0.15) is 16.8 Å². The van der Waals surface area contributed by atoms with Gasteiger partial charge in [0.2, 0.25) is 5.95 Å². The third-order valence-corrected chi connectivity index (χ3v) is 2.82. The van der Waals surface area contributed by atoms with E-state index in [1.807, 2.05) is 6.07 Å². The molecule has 3 aromatic rings. The van der Waals surface area contributed by atoms with Crippen LogP contribution in [0.5, 0.6) is 0 Å². The zero-order valence-corrected chi connectivity index (χ0v) is 10.0. The zero-order valence-electron chi connectivity index (χ0n) is 10.0. The number of aromatic nitrogens is 4. The van der Waals surface area contributed by atoms with E-state index in [-0.39, 0.29) is 5.95 Å². The highest BCUT2D eigenvalue weighted by molar-refractivity contribution is 5.74. The summed E-state index contributed by atoms with van der Waals surface area (Å²) in [4.78, 5) is 15.6. The Morgan fingerprint density at radius 2 is 2.17 bits per heavy atom. The first-order valence-corrected chi connectivity index (χ1v) is 5.73. The van der Waals surface area contributed by atoms with Gasteiger partial charge in [-0.05, 0) is 12.5 Å². The van der Waals surface area contributed by atoms with Gasteiger partial charge < -0.3 is 10.7 Å². The Bertz CT molecular complexity index is 701. The van der Waals surface area contributed by atoms with Gasteiger partial charge in [-0.1, -0.05) is 29.8 Å². The van der Waals surface area contributed by atoms with Crippen molar-refractivity contribution in [2.45, 2.75) is 13.3 Å². The molecule has 0 amide bonds. The van der Waals surface area contributed by atoms with E-state index in [9.17, 15) is 0 Å². The fourth-order valence-electron chi connectivity index (χ4n) is 2.05. The zero-order chi connectivity index (χ0) is 12.5. The van der Waals surface area contributed by atoms with Gasteiger partial charge in [-0.2, -0.15) is 4.98 Å². The predicted octanol–water partition coefficient (Wildman–Crippen LogP) is 1.83. The average molecular weight is 239 g/mol. The van der Waals surface area contributed by atoms with E-state index in [0.29, 0.717) is 12.1 Å². The van der Waals surface area contributed by atoms with Crippen molar-refractivity contribution in [3.05, 3.63) is 47.4 Å². The first kappa shape index (κ1) is 10.7. The number of aromatic amines is 1. The maximum atomic E-state index is 5.70. The van der Waals surface area contributed by atoms with Gasteiger partial charge in [0.05, 0.1) is 12.0 Å². The molecular formula is C13H13N5. The van der Waals surface area contributed by atoms with Gasteiger partial charge in [-0.3, -0.25) is 0 Å². The largest absolute Gasteiger partial charge is 0.368 e. The molecule has 0 fully saturated rings. The van der Waals surface area contributed by atoms with Crippen LogP contribution in [0, 0.1) is 6.92 Å². The number of H-pyrrole nitrogens is 1. The maximum Gasteiger partial charge on any atom is 0.222 e. The molecule has 0 bridgehead atoms. The van der Waals surface area contributed by atoms with Crippen molar-refractivity contribution in [1.82, 2.24) is 19.9 Å². The SMILES string of the molecule is Cc1cccc(Cc2nc(N)nc3[nH]cnc23)c1. The first-order valence-electron chi connectivity index (χ1n) is 5.73. The summed E-state index contributed by atoms with van der Waals surface area (Å²) in [6, 6.07) is 8.32. The summed E-state index contributed by atoms with van der Waals surface area (Å²) < 4.78 is 0. The summed E-state index contributed by atoms with van der Waals surface area (Å²) in [5.41, 5.74) is 10.4. The molecule has 0 aliphatic heterocycles. The highest BCUT2D eigenvalue weighted by Gasteiger charge is 2.09. The number of imidazole rings is 1. The molecule has 1 aromatic carbocycles. The van der Waals surface area contributed by atoms with Crippen LogP contribution >= 0.6 is 0 Å². The second-order valence-corrected chi connectivity index (χ2v) is 4.29. The van der Waals surface area contributed by atoms with Crippen molar-refractivity contribution < 1.29 is 0 Å². The number of nitrogen functional groups attached to an aromatic ring is 1. The van der Waals surface area contributed by atoms with Crippen molar-refractivity contribution >= 4 is 17.1 Å². The number of hydrogen-bond acceptors (Lipinski definition) is 4. The molecule has 3 N–H and O–H groups in total. The molecule has 0 unspecified atom stereocenters. The summed E-state index contributed by atoms with van der Waals surface area (Å²) >= 11 is 0. The van der Waals surface area contributed by atoms with Gasteiger partial charge in [0.25, 0.3) is 0 Å². The molecule has 0 aliphatic rings. The second kappa shape index (κ2) is 4.10. The summed E-state index contributed by atoms with van der Waals surface area (Å²) in [7, 11) is 0. The molecule has 18 heavy (non-hydrogen) atoms. The Balaban J connectivity index is 2.06. The maximum absolute atomic E-state index is 5.70. The average Bonchev–Trinajstić information content (AvgIpc) is 2.77. The molecule has 2 heterocycles. The van der Waals surface area contributed by atoms with Gasteiger partial charge in [-0.15, -0.1) is 0 Å². The van der Waals surface area contributed by atoms with Crippen LogP contribution in [0.3, 0.4) is 0 Å². The highest BCUT2D eigenvalue weighted by atomic mass is 15.1. The highest BCUT2D eigenvalue weighted by Crippen LogP contribution is 2.17. The minimum absolute atomic E-state index is 0.273. The molecule has 0 aliphatic carbocycles. The molecule has 0 spiro atoms. The van der Waals surface area contributed by atoms with E-state index in [0.717, 1.165) is 11.2 Å². The van der Waals surface area contributed by atoms with Crippen LogP contribution in [0.25, 0.3) is 11.2 Å². The number of nitrogens with zero attached hydrogens (tertiary/aromatic N) is 3. The van der Waals surface area contributed by atoms with E-state index >= 15 is 0 Å². The summed E-state index contributed by atoms with van der Waals surface area (Å²) in [6.07, 6.45) is 2.31. The number of fused-ring (bicyclic) bond motifs is 1. The number of hydrogen-bond donors (Lipinski definition) is 2. The topological polar surface area (TPSA) is 80.5 Å². The molecule has 0 atom stereocenters. The molecule has 0 saturated heterocycles. The van der Waals surface area contributed by atoms with Gasteiger partial charge in [-0.25, -0.2) is 9.97 Å². The Morgan fingerprint density at radius 3 is 3.00 bits per heavy atom. The normalized spacial score (nSPS) is 10.9. The number of anilines is 1. The monoisotopic (exact) mass is 239 g/mol. The minimum Gasteiger partial charge on any atom is -0.368 e. The Morgan fingerprint density at radius 1 is 1.28 bits per heavy atom. The molecule has 0 saturated carbocycles. The molecule has 0 radical (unpaired) electrons. The second-order valence-electron chi connectivity index (χ2n) is 4.29. The Hall–Kier alpha value is -2.43. The lowest BCUT2D eigenvalue weighted by Gasteiger charge is -2.04. The molecule has 3 rings (SSSR count). The van der Waals surface area contributed by atoms with Crippen LogP contribution in [0.2, 0.25) is 0 Å². The summed E-state index contributed by atoms with van der Waals surface area (Å²) in [6.45, 7) is 2.07. The van der Waals surface area contributed by atoms with Crippen molar-refractivity contribution in [3.63, 3.8) is 0 Å². The molecular weight excluding hydrogens is 226 g/mol. The third-order valence-electron chi connectivity index (χ3n) is 2.82. The van der Waals surface area contributed by atoms with Gasteiger partial charge in [0.15, 0.2) is 5.65 Å². The number of nitrogens with one attached hydrogen (secondary N) is 1. The minimum atomic E-state index is 0.273. The van der Waals surface area contributed by atoms with E-state index in [1.165, 1.54) is 11.1 Å². The van der Waals surface area contributed by atoms with E-state index in [4.69, 9.17) is 5.73 Å². The predicted molar refractivity (Wildman–Crippen MR) is 70.1 cm³/mol. The van der Waals surface area contributed by atoms with Crippen molar-refractivity contribution in [3.8, 4) is 0 Å². The fourth-order valence-corrected chi connectivity index (χ4v) is 2.05. The Kier molecular flexibility index (Phi) is 2.44. The lowest BCUT2D eigenvalue weighted by molar-refractivity contribution is 1.06. The lowest BCUT2D eigenvalue weighted by atomic mass is 10.1. The van der Waals surface area contributed by atoms with Crippen LogP contribution in [0.4, 0.5) is 5.95 Å². The quantitative estimate of drug-likeness (QED) is 0.715. The van der Waals surface area contributed by atoms with E-state index < -0.39 is 0 Å². The lowest BCUT2D eigenvalue weighted by Crippen LogP contribution is -2.01. The van der Waals surface area contributed by atoms with E-state index in [1.54, 1.807) is 6.33 Å². The smallest absolute Gasteiger partial charge is 0.222 e. The van der Waals surface area contributed by atoms with Crippen LogP contribution in [0.15, 0.2) is 30.6 Å². The van der Waals surface area contributed by atoms with Crippen molar-refractivity contribution in [1.29, 1.82) is 0 Å². The number of rotatable bonds is 2. The van der Waals surface area contributed by atoms with Gasteiger partial charge in [0, 0.05) is 6.42 Å². The Labute approximate surface area is 104 Å². The van der Waals surface area contributed by atoms with Crippen molar-refractivity contribution in [2.24, 2.45) is 0 Å². The first-order chi connectivity index (χ1) is 8.72. The number of aryl methyl sites for hydroxylation is 1. The summed E-state index contributed by atoms with van der Waals surface area (Å²) in [5, 5.41) is 0.